The van der Waals surface area contributed by atoms with E-state index in [0.717, 1.165) is 22.8 Å². The molecule has 35 heteroatoms. The summed E-state index contributed by atoms with van der Waals surface area (Å²) in [5.74, 6) is -14.2. The lowest BCUT2D eigenvalue weighted by Crippen LogP contribution is -2.61. The number of allylic oxidation sites excluding steroid dienone is 1. The predicted octanol–water partition coefficient (Wildman–Crippen LogP) is -3.04. The zero-order valence-corrected chi connectivity index (χ0v) is 63.2. The molecule has 2 aromatic carbocycles. The Bertz CT molecular complexity index is 3580. The van der Waals surface area contributed by atoms with Crippen LogP contribution in [0.25, 0.3) is 0 Å². The lowest BCUT2D eigenvalue weighted by atomic mass is 9.93. The van der Waals surface area contributed by atoms with E-state index in [0.29, 0.717) is 36.1 Å². The first kappa shape index (κ1) is 88.1. The number of nitrogens with two attached hydrogens (primary N) is 1. The third kappa shape index (κ3) is 24.8. The van der Waals surface area contributed by atoms with Crippen molar-refractivity contribution in [3.8, 4) is 11.5 Å². The number of phenolic OH excluding ortho intramolecular Hbond substituents is 1. The van der Waals surface area contributed by atoms with Crippen LogP contribution in [0.3, 0.4) is 0 Å². The second-order valence-electron chi connectivity index (χ2n) is 28.7. The molecule has 602 valence electrons. The fourth-order valence-corrected chi connectivity index (χ4v) is 13.6. The highest BCUT2D eigenvalue weighted by molar-refractivity contribution is 6.03. The highest BCUT2D eigenvalue weighted by Crippen LogP contribution is 2.28. The van der Waals surface area contributed by atoms with Gasteiger partial charge < -0.3 is 108 Å². The number of aliphatic hydroxyl groups excluding tert-OH is 5. The van der Waals surface area contributed by atoms with Gasteiger partial charge >= 0.3 is 5.97 Å². The lowest BCUT2D eigenvalue weighted by molar-refractivity contribution is -0.162. The first-order valence-electron chi connectivity index (χ1n) is 37.1. The summed E-state index contributed by atoms with van der Waals surface area (Å²) in [5, 5.41) is 87.1. The molecule has 4 heterocycles. The smallest absolute Gasteiger partial charge is 0.329 e. The van der Waals surface area contributed by atoms with Gasteiger partial charge in [0.15, 0.2) is 6.10 Å². The van der Waals surface area contributed by atoms with E-state index in [9.17, 15) is 88.2 Å². The molecule has 0 spiro atoms. The Morgan fingerprint density at radius 3 is 1.79 bits per heavy atom. The summed E-state index contributed by atoms with van der Waals surface area (Å²) < 4.78 is 11.4. The topological polar surface area (TPSA) is 514 Å². The van der Waals surface area contributed by atoms with Gasteiger partial charge in [0, 0.05) is 59.3 Å². The second kappa shape index (κ2) is 41.6. The Morgan fingerprint density at radius 2 is 1.22 bits per heavy atom. The summed E-state index contributed by atoms with van der Waals surface area (Å²) in [6, 6.07) is -3.38. The number of carbonyl (C=O) groups excluding carboxylic acids is 14. The van der Waals surface area contributed by atoms with Crippen molar-refractivity contribution in [2.45, 2.75) is 236 Å². The molecule has 13 amide bonds. The molecule has 0 saturated carbocycles. The maximum atomic E-state index is 15.3. The number of aliphatic hydroxyl groups is 5. The maximum Gasteiger partial charge on any atom is 0.329 e. The van der Waals surface area contributed by atoms with Crippen molar-refractivity contribution in [3.05, 3.63) is 71.4 Å². The summed E-state index contributed by atoms with van der Waals surface area (Å²) in [6.07, 6.45) is -9.84. The number of hydrogen-bond acceptors (Lipinski definition) is 22. The molecule has 109 heavy (non-hydrogen) atoms. The normalized spacial score (nSPS) is 25.8. The number of primary amides is 1. The van der Waals surface area contributed by atoms with Gasteiger partial charge in [0.25, 0.3) is 11.8 Å². The van der Waals surface area contributed by atoms with Gasteiger partial charge in [-0.3, -0.25) is 62.3 Å². The molecule has 0 bridgehead atoms. The zero-order valence-electron chi connectivity index (χ0n) is 63.2. The fourth-order valence-electron chi connectivity index (χ4n) is 13.6. The Morgan fingerprint density at radius 1 is 0.661 bits per heavy atom. The van der Waals surface area contributed by atoms with Crippen LogP contribution in [-0.2, 0) is 84.7 Å². The van der Waals surface area contributed by atoms with Gasteiger partial charge in [0.2, 0.25) is 65.0 Å². The van der Waals surface area contributed by atoms with Gasteiger partial charge in [-0.2, -0.15) is 0 Å². The van der Waals surface area contributed by atoms with Crippen molar-refractivity contribution in [3.63, 3.8) is 0 Å². The van der Waals surface area contributed by atoms with Crippen LogP contribution in [-0.4, -0.2) is 271 Å². The van der Waals surface area contributed by atoms with Crippen LogP contribution in [0.1, 0.15) is 143 Å². The van der Waals surface area contributed by atoms with Crippen LogP contribution in [0.2, 0.25) is 0 Å². The van der Waals surface area contributed by atoms with Crippen molar-refractivity contribution in [2.24, 2.45) is 17.6 Å². The van der Waals surface area contributed by atoms with Crippen LogP contribution in [0.15, 0.2) is 60.3 Å². The fraction of sp³-hybridized carbons (Fsp3) is 0.622. The monoisotopic (exact) mass is 1530 g/mol. The summed E-state index contributed by atoms with van der Waals surface area (Å²) in [6.45, 7) is 8.56. The second-order valence-corrected chi connectivity index (χ2v) is 28.7. The van der Waals surface area contributed by atoms with Gasteiger partial charge in [-0.1, -0.05) is 64.5 Å². The minimum atomic E-state index is -2.52. The summed E-state index contributed by atoms with van der Waals surface area (Å²) >= 11 is 0. The number of carbonyl (C=O) groups is 14. The van der Waals surface area contributed by atoms with E-state index in [-0.39, 0.29) is 82.7 Å². The summed E-state index contributed by atoms with van der Waals surface area (Å²) in [4.78, 5) is 205. The molecule has 4 fully saturated rings. The van der Waals surface area contributed by atoms with E-state index in [1.54, 1.807) is 52.0 Å². The van der Waals surface area contributed by atoms with Gasteiger partial charge in [0.1, 0.15) is 77.7 Å². The molecule has 16 atom stereocenters. The minimum absolute atomic E-state index is 0.00637. The third-order valence-corrected chi connectivity index (χ3v) is 20.2. The number of aryl methyl sites for hydroxylation is 1. The predicted molar refractivity (Wildman–Crippen MR) is 389 cm³/mol. The van der Waals surface area contributed by atoms with Gasteiger partial charge in [-0.15, -0.1) is 0 Å². The zero-order chi connectivity index (χ0) is 80.7. The highest BCUT2D eigenvalue weighted by atomic mass is 16.5. The molecule has 0 aliphatic carbocycles. The molecule has 0 radical (unpaired) electrons. The van der Waals surface area contributed by atoms with E-state index in [1.165, 1.54) is 62.1 Å². The van der Waals surface area contributed by atoms with Crippen molar-refractivity contribution in [2.75, 3.05) is 46.9 Å². The van der Waals surface area contributed by atoms with Crippen molar-refractivity contribution >= 4 is 82.8 Å². The number of likely N-dealkylation sites (N-methyl/N-ethyl adjacent to an activating group) is 1. The number of ether oxygens (including phenoxy) is 2. The molecule has 35 nitrogen and oxygen atoms in total. The number of esters is 1. The number of fused-ring (bicyclic) bond motifs is 3. The van der Waals surface area contributed by atoms with E-state index < -0.39 is 224 Å². The van der Waals surface area contributed by atoms with Crippen LogP contribution in [0.5, 0.6) is 11.5 Å². The number of rotatable bonds is 23. The number of phenols is 1. The highest BCUT2D eigenvalue weighted by Gasteiger charge is 2.46. The number of nitrogens with zero attached hydrogens (tertiary/aromatic N) is 4. The Labute approximate surface area is 632 Å². The van der Waals surface area contributed by atoms with Gasteiger partial charge in [0.05, 0.1) is 44.6 Å². The molecule has 4 saturated heterocycles. The van der Waals surface area contributed by atoms with E-state index in [4.69, 9.17) is 15.2 Å². The Hall–Kier alpha value is -9.84. The largest absolute Gasteiger partial charge is 0.508 e. The molecule has 4 aliphatic heterocycles. The van der Waals surface area contributed by atoms with Crippen molar-refractivity contribution in [1.82, 2.24) is 62.1 Å². The standard InChI is InChI=1S/C74H109N13O22/c1-10-40(5)61-69(102)81-52(38-88)66(99)77-48(11-2)65(98)83-62(41(6)89)70(103)79-50(27-22-43-20-25-46(108-9)26-21-43)72(105)86-31-12-15-53(86)67(100)80-51(35-47(36-58(93)57(92)33-39(3)4)109-74(107)56(84(8)42(7)90)34-44-18-23-45(91)24-19-44)63(96)71(104)78-49(28-29-59(75)94)64(97)76-37-60(95)85-30-14-17-55(85)73(106)87-32-13-16-54(87)68(101)82-61/h11,18-21,23-26,39-41,47,49-58,61-63,88-89,91-93,96H,10,12-17,22,27-38H2,1-9H3,(H2,75,94)(H,76,97)(H,77,99)(H,78,104)(H,79,103)(H,80,100)(H,81,102)(H,82,101)(H,83,98)/b48-11+/t40-,41+,47?,49+,50+,51?,52-,53-,54-,55-,56-,57?,58?,61+,62-,63?/m0/s1. The molecule has 0 aromatic heterocycles. The van der Waals surface area contributed by atoms with Crippen LogP contribution < -0.4 is 53.0 Å². The minimum Gasteiger partial charge on any atom is -0.508 e. The number of aromatic hydroxyl groups is 1. The van der Waals surface area contributed by atoms with Crippen molar-refractivity contribution < 1.29 is 107 Å². The number of hydrogen-bond donors (Lipinski definition) is 15. The third-order valence-electron chi connectivity index (χ3n) is 20.2. The number of methoxy groups -OCH3 is 1. The average Bonchev–Trinajstić information content (AvgIpc) is 1.71. The summed E-state index contributed by atoms with van der Waals surface area (Å²) in [7, 11) is 2.76. The molecule has 16 N–H and O–H groups in total. The number of nitrogens with one attached hydrogen (secondary N) is 8. The van der Waals surface area contributed by atoms with Crippen LogP contribution in [0, 0.1) is 11.8 Å². The van der Waals surface area contributed by atoms with Crippen LogP contribution >= 0.6 is 0 Å². The first-order chi connectivity index (χ1) is 51.6. The molecule has 6 rings (SSSR count). The molecule has 2 aromatic rings. The molecule has 5 unspecified atom stereocenters. The van der Waals surface area contributed by atoms with Gasteiger partial charge in [-0.05, 0) is 125 Å². The van der Waals surface area contributed by atoms with Gasteiger partial charge in [-0.25, -0.2) is 4.79 Å². The Balaban J connectivity index is 1.46. The van der Waals surface area contributed by atoms with E-state index in [2.05, 4.69) is 42.5 Å². The quantitative estimate of drug-likeness (QED) is 0.0388. The lowest BCUT2D eigenvalue weighted by Gasteiger charge is -2.34. The van der Waals surface area contributed by atoms with Crippen LogP contribution in [0.4, 0.5) is 0 Å². The van der Waals surface area contributed by atoms with E-state index >= 15 is 9.59 Å². The molecular formula is C74H109N13O22. The summed E-state index contributed by atoms with van der Waals surface area (Å²) in [5.41, 5.74) is 6.07. The maximum absolute atomic E-state index is 15.3. The SMILES string of the molecule is C/C=C1/NC(=O)[C@H](CO)NC(=O)[C@@H]([C@@H](C)CC)NC(=O)[C@@H]2CCCN2C(=O)[C@@H]2CCCN2C(=O)CNC(=O)[C@@H](CCC(N)=O)NC(=O)C(O)C(CC(CC(O)C(O)CC(C)C)OC(=O)[C@H](Cc2ccc(O)cc2)N(C)C(C)=O)NC(=O)[C@@H]2CCCN2C(=O)[C@@H](CCc2ccc(OC)cc2)NC(=O)[C@H]([C@@H](C)O)NC1=O. The number of amides is 13. The van der Waals surface area contributed by atoms with E-state index in [1.807, 2.05) is 0 Å². The molecule has 4 aliphatic rings. The first-order valence-corrected chi connectivity index (χ1v) is 37.1. The Kier molecular flexibility index (Phi) is 33.6. The average molecular weight is 1530 g/mol. The molecular weight excluding hydrogens is 1420 g/mol. The number of benzene rings is 2. The van der Waals surface area contributed by atoms with Crippen molar-refractivity contribution in [1.29, 1.82) is 0 Å².